The van der Waals surface area contributed by atoms with Crippen LogP contribution in [0.4, 0.5) is 0 Å². The summed E-state index contributed by atoms with van der Waals surface area (Å²) in [4.78, 5) is 4.93. The Bertz CT molecular complexity index is 1270. The number of methoxy groups -OCH3 is 1. The molecule has 1 N–H and O–H groups in total. The summed E-state index contributed by atoms with van der Waals surface area (Å²) in [5.41, 5.74) is 3.55. The van der Waals surface area contributed by atoms with Gasteiger partial charge in [-0.3, -0.25) is 4.90 Å². The van der Waals surface area contributed by atoms with Gasteiger partial charge in [-0.25, -0.2) is 0 Å². The zero-order valence-corrected chi connectivity index (χ0v) is 21.1. The van der Waals surface area contributed by atoms with Gasteiger partial charge in [0, 0.05) is 11.1 Å². The summed E-state index contributed by atoms with van der Waals surface area (Å²) in [6.45, 7) is 6.15. The molecule has 0 radical (unpaired) electrons. The molecule has 3 aromatic rings. The van der Waals surface area contributed by atoms with Gasteiger partial charge in [-0.15, -0.1) is 0 Å². The Morgan fingerprint density at radius 1 is 1.00 bits per heavy atom. The fourth-order valence-corrected chi connectivity index (χ4v) is 5.08. The van der Waals surface area contributed by atoms with E-state index in [1.165, 1.54) is 0 Å². The van der Waals surface area contributed by atoms with Crippen molar-refractivity contribution in [3.05, 3.63) is 94.5 Å². The largest absolute Gasteiger partial charge is 0.497 e. The van der Waals surface area contributed by atoms with Gasteiger partial charge in [0.1, 0.15) is 5.75 Å². The van der Waals surface area contributed by atoms with E-state index in [0.29, 0.717) is 10.7 Å². The maximum absolute atomic E-state index is 12.9. The second-order valence-corrected chi connectivity index (χ2v) is 10.7. The highest BCUT2D eigenvalue weighted by Gasteiger charge is 2.53. The van der Waals surface area contributed by atoms with Crippen molar-refractivity contribution in [2.24, 2.45) is 5.10 Å². The topological polar surface area (TPSA) is 70.8 Å². The highest BCUT2D eigenvalue weighted by Crippen LogP contribution is 2.47. The Kier molecular flexibility index (Phi) is 6.98. The molecule has 34 heavy (non-hydrogen) atoms. The van der Waals surface area contributed by atoms with Crippen LogP contribution < -0.4 is 9.57 Å². The first-order valence-corrected chi connectivity index (χ1v) is 12.9. The van der Waals surface area contributed by atoms with E-state index in [0.717, 1.165) is 22.4 Å². The Balaban J connectivity index is 1.72. The quantitative estimate of drug-likeness (QED) is 0.264. The van der Waals surface area contributed by atoms with Gasteiger partial charge in [0.25, 0.3) is 10.0 Å². The minimum absolute atomic E-state index is 0.0595. The summed E-state index contributed by atoms with van der Waals surface area (Å²) in [5, 5.41) is 5.07. The van der Waals surface area contributed by atoms with E-state index in [-0.39, 0.29) is 23.0 Å². The average molecular weight is 498 g/mol. The molecular formula is C26H28ClN3O3S. The fourth-order valence-electron chi connectivity index (χ4n) is 4.14. The molecule has 1 aliphatic rings. The molecule has 0 aliphatic carbocycles. The van der Waals surface area contributed by atoms with Crippen LogP contribution in [0.15, 0.2) is 82.8 Å². The van der Waals surface area contributed by atoms with Crippen LogP contribution in [0.25, 0.3) is 0 Å². The molecule has 3 aromatic carbocycles. The number of hydrazone groups is 1. The number of nitrogens with zero attached hydrogens (tertiary/aromatic N) is 2. The molecule has 0 aromatic heterocycles. The summed E-state index contributed by atoms with van der Waals surface area (Å²) < 4.78 is 31.2. The van der Waals surface area contributed by atoms with E-state index >= 15 is 0 Å². The number of aryl methyl sites for hydroxylation is 1. The third-order valence-corrected chi connectivity index (χ3v) is 7.42. The molecule has 0 amide bonds. The van der Waals surface area contributed by atoms with Crippen LogP contribution in [0.5, 0.6) is 5.75 Å². The van der Waals surface area contributed by atoms with Crippen LogP contribution in [0.3, 0.4) is 0 Å². The van der Waals surface area contributed by atoms with Gasteiger partial charge in [-0.2, -0.15) is 18.4 Å². The van der Waals surface area contributed by atoms with Gasteiger partial charge in [0.15, 0.2) is 0 Å². The standard InChI is InChI=1S/C26H28ClN3O3S/c1-17(2)30-25(20-9-13-22(33-4)14-10-20)26(30)24(19-7-11-21(27)12-8-19)28-29-34(31,32)23-15-5-18(3)6-16-23/h5-17,25-26,29H,1-4H3/b28-24-/t25-,26+,30?/m0/s1. The van der Waals surface area contributed by atoms with Crippen molar-refractivity contribution in [2.75, 3.05) is 7.11 Å². The maximum Gasteiger partial charge on any atom is 0.276 e. The van der Waals surface area contributed by atoms with Crippen molar-refractivity contribution >= 4 is 27.3 Å². The normalized spacial score (nSPS) is 20.3. The zero-order chi connectivity index (χ0) is 24.5. The molecule has 3 atom stereocenters. The van der Waals surface area contributed by atoms with E-state index in [1.807, 2.05) is 43.3 Å². The summed E-state index contributed by atoms with van der Waals surface area (Å²) in [5.74, 6) is 0.787. The Labute approximate surface area is 206 Å². The molecule has 1 aliphatic heterocycles. The number of nitrogens with one attached hydrogen (secondary N) is 1. The first kappa shape index (κ1) is 24.3. The summed E-state index contributed by atoms with van der Waals surface area (Å²) in [7, 11) is -2.18. The highest BCUT2D eigenvalue weighted by molar-refractivity contribution is 7.89. The van der Waals surface area contributed by atoms with Crippen molar-refractivity contribution in [2.45, 2.75) is 43.8 Å². The van der Waals surface area contributed by atoms with E-state index < -0.39 is 10.0 Å². The van der Waals surface area contributed by atoms with Crippen LogP contribution in [0, 0.1) is 6.92 Å². The van der Waals surface area contributed by atoms with Gasteiger partial charge in [0.2, 0.25) is 0 Å². The lowest BCUT2D eigenvalue weighted by molar-refractivity contribution is 0.410. The predicted octanol–water partition coefficient (Wildman–Crippen LogP) is 5.17. The first-order chi connectivity index (χ1) is 16.2. The van der Waals surface area contributed by atoms with Gasteiger partial charge in [0.05, 0.1) is 29.8 Å². The lowest BCUT2D eigenvalue weighted by atomic mass is 10.0. The van der Waals surface area contributed by atoms with Gasteiger partial charge in [-0.05, 0) is 68.3 Å². The molecule has 0 spiro atoms. The van der Waals surface area contributed by atoms with Gasteiger partial charge >= 0.3 is 0 Å². The molecule has 1 unspecified atom stereocenters. The molecule has 1 heterocycles. The lowest BCUT2D eigenvalue weighted by Gasteiger charge is -2.11. The van der Waals surface area contributed by atoms with Gasteiger partial charge in [-0.1, -0.05) is 53.6 Å². The van der Waals surface area contributed by atoms with Crippen LogP contribution in [-0.4, -0.2) is 38.2 Å². The SMILES string of the molecule is COc1ccc([C@H]2[C@@H](/C(=N\NS(=O)(=O)c3ccc(C)cc3)c3ccc(Cl)cc3)N2C(C)C)cc1. The molecule has 1 saturated heterocycles. The molecule has 178 valence electrons. The number of hydrogen-bond donors (Lipinski definition) is 1. The van der Waals surface area contributed by atoms with Crippen LogP contribution in [0.1, 0.15) is 36.6 Å². The third kappa shape index (κ3) is 5.12. The number of halogens is 1. The Morgan fingerprint density at radius 2 is 1.62 bits per heavy atom. The lowest BCUT2D eigenvalue weighted by Crippen LogP contribution is -2.25. The Morgan fingerprint density at radius 3 is 2.18 bits per heavy atom. The molecule has 0 saturated carbocycles. The Hall–Kier alpha value is -2.87. The number of hydrogen-bond acceptors (Lipinski definition) is 5. The van der Waals surface area contributed by atoms with Crippen molar-refractivity contribution < 1.29 is 13.2 Å². The first-order valence-electron chi connectivity index (χ1n) is 11.0. The fraction of sp³-hybridized carbons (Fsp3) is 0.269. The molecule has 0 bridgehead atoms. The summed E-state index contributed by atoms with van der Waals surface area (Å²) in [6.07, 6.45) is 0. The monoisotopic (exact) mass is 497 g/mol. The number of sulfonamides is 1. The van der Waals surface area contributed by atoms with Gasteiger partial charge < -0.3 is 4.74 Å². The number of rotatable bonds is 8. The number of ether oxygens (including phenoxy) is 1. The van der Waals surface area contributed by atoms with Crippen LogP contribution in [0.2, 0.25) is 5.02 Å². The van der Waals surface area contributed by atoms with E-state index in [1.54, 1.807) is 43.5 Å². The molecule has 6 nitrogen and oxygen atoms in total. The van der Waals surface area contributed by atoms with Crippen LogP contribution in [-0.2, 0) is 10.0 Å². The zero-order valence-electron chi connectivity index (χ0n) is 19.6. The molecule has 8 heteroatoms. The minimum Gasteiger partial charge on any atom is -0.497 e. The maximum atomic E-state index is 12.9. The average Bonchev–Trinajstić information content (AvgIpc) is 3.56. The summed E-state index contributed by atoms with van der Waals surface area (Å²) >= 11 is 6.11. The van der Waals surface area contributed by atoms with E-state index in [2.05, 4.69) is 28.7 Å². The van der Waals surface area contributed by atoms with Crippen molar-refractivity contribution in [1.82, 2.24) is 9.73 Å². The number of benzene rings is 3. The molecular weight excluding hydrogens is 470 g/mol. The second-order valence-electron chi connectivity index (χ2n) is 8.62. The second kappa shape index (κ2) is 9.78. The van der Waals surface area contributed by atoms with Crippen molar-refractivity contribution in [3.63, 3.8) is 0 Å². The van der Waals surface area contributed by atoms with Crippen molar-refractivity contribution in [1.29, 1.82) is 0 Å². The molecule has 1 fully saturated rings. The minimum atomic E-state index is -3.82. The van der Waals surface area contributed by atoms with E-state index in [9.17, 15) is 8.42 Å². The molecule has 4 rings (SSSR count). The predicted molar refractivity (Wildman–Crippen MR) is 136 cm³/mol. The summed E-state index contributed by atoms with van der Waals surface area (Å²) in [6, 6.07) is 22.1. The smallest absolute Gasteiger partial charge is 0.276 e. The third-order valence-electron chi connectivity index (χ3n) is 5.94. The van der Waals surface area contributed by atoms with Crippen LogP contribution >= 0.6 is 11.6 Å². The van der Waals surface area contributed by atoms with E-state index in [4.69, 9.17) is 16.3 Å². The highest BCUT2D eigenvalue weighted by atomic mass is 35.5. The van der Waals surface area contributed by atoms with Crippen molar-refractivity contribution in [3.8, 4) is 5.75 Å².